The lowest BCUT2D eigenvalue weighted by molar-refractivity contribution is 0.0797. The molecule has 0 radical (unpaired) electrons. The quantitative estimate of drug-likeness (QED) is 0.205. The zero-order valence-corrected chi connectivity index (χ0v) is 27.8. The molecule has 4 rings (SSSR count). The van der Waals surface area contributed by atoms with Crippen LogP contribution in [0, 0.1) is 0 Å². The van der Waals surface area contributed by atoms with E-state index in [2.05, 4.69) is 50.4 Å². The van der Waals surface area contributed by atoms with Gasteiger partial charge in [0, 0.05) is 13.0 Å². The number of benzene rings is 3. The van der Waals surface area contributed by atoms with E-state index in [0.717, 1.165) is 17.5 Å². The van der Waals surface area contributed by atoms with Gasteiger partial charge in [-0.2, -0.15) is 0 Å². The van der Waals surface area contributed by atoms with Crippen LogP contribution in [0.1, 0.15) is 75.3 Å². The standard InChI is InChI=1S/C34H45NO5SSi/c1-33(2,3)42(6,7)39-22-21-28(27-17-12-9-13-18-27)24-31-35-41(36,37)32(34(4,5)40-31)29-19-14-20-30(23-29)38-25-26-15-10-8-11-16-26/h8-20,23,28,32H,21-22,24-25H2,1-7H3/t28-,32?/m1/s1. The highest BCUT2D eigenvalue weighted by atomic mass is 32.2. The summed E-state index contributed by atoms with van der Waals surface area (Å²) in [6.45, 7) is 15.8. The maximum absolute atomic E-state index is 13.7. The van der Waals surface area contributed by atoms with E-state index in [1.807, 2.05) is 74.5 Å². The number of hydrogen-bond acceptors (Lipinski definition) is 5. The van der Waals surface area contributed by atoms with E-state index < -0.39 is 29.2 Å². The molecule has 3 aromatic rings. The third kappa shape index (κ3) is 7.91. The Balaban J connectivity index is 1.54. The van der Waals surface area contributed by atoms with E-state index in [-0.39, 0.29) is 16.9 Å². The average molecular weight is 608 g/mol. The molecule has 1 aliphatic rings. The van der Waals surface area contributed by atoms with Gasteiger partial charge in [-0.3, -0.25) is 0 Å². The SMILES string of the molecule is CC1(C)OC(C[C@@H](CCO[Si](C)(C)C(C)(C)C)c2ccccc2)=NS(=O)(=O)C1c1cccc(OCc2ccccc2)c1. The molecule has 0 aromatic heterocycles. The normalized spacial score (nSPS) is 18.9. The Bertz CT molecular complexity index is 1460. The Morgan fingerprint density at radius 2 is 1.60 bits per heavy atom. The largest absolute Gasteiger partial charge is 0.489 e. The minimum atomic E-state index is -3.93. The second kappa shape index (κ2) is 12.7. The Kier molecular flexibility index (Phi) is 9.70. The van der Waals surface area contributed by atoms with E-state index in [1.54, 1.807) is 12.1 Å². The lowest BCUT2D eigenvalue weighted by atomic mass is 9.92. The fourth-order valence-corrected chi connectivity index (χ4v) is 7.90. The molecule has 1 unspecified atom stereocenters. The summed E-state index contributed by atoms with van der Waals surface area (Å²) in [5.41, 5.74) is 1.71. The van der Waals surface area contributed by atoms with Gasteiger partial charge in [-0.25, -0.2) is 8.42 Å². The summed E-state index contributed by atoms with van der Waals surface area (Å²) in [6, 6.07) is 27.2. The van der Waals surface area contributed by atoms with E-state index in [0.29, 0.717) is 30.9 Å². The van der Waals surface area contributed by atoms with Gasteiger partial charge in [0.1, 0.15) is 23.2 Å². The predicted molar refractivity (Wildman–Crippen MR) is 173 cm³/mol. The van der Waals surface area contributed by atoms with Crippen LogP contribution in [0.3, 0.4) is 0 Å². The summed E-state index contributed by atoms with van der Waals surface area (Å²) < 4.78 is 50.6. The molecule has 42 heavy (non-hydrogen) atoms. The van der Waals surface area contributed by atoms with Crippen molar-refractivity contribution >= 4 is 24.2 Å². The van der Waals surface area contributed by atoms with Crippen molar-refractivity contribution in [1.29, 1.82) is 0 Å². The molecule has 2 atom stereocenters. The smallest absolute Gasteiger partial charge is 0.267 e. The first-order valence-corrected chi connectivity index (χ1v) is 19.1. The molecule has 3 aromatic carbocycles. The Morgan fingerprint density at radius 3 is 2.21 bits per heavy atom. The molecule has 0 amide bonds. The van der Waals surface area contributed by atoms with Crippen molar-refractivity contribution in [1.82, 2.24) is 0 Å². The summed E-state index contributed by atoms with van der Waals surface area (Å²) in [5.74, 6) is 0.851. The molecule has 6 nitrogen and oxygen atoms in total. The van der Waals surface area contributed by atoms with Crippen LogP contribution in [0.25, 0.3) is 0 Å². The second-order valence-corrected chi connectivity index (χ2v) is 19.6. The average Bonchev–Trinajstić information content (AvgIpc) is 2.90. The zero-order valence-electron chi connectivity index (χ0n) is 26.0. The molecule has 8 heteroatoms. The maximum atomic E-state index is 13.7. The highest BCUT2D eigenvalue weighted by Crippen LogP contribution is 2.43. The number of sulfonamides is 1. The molecule has 0 aliphatic carbocycles. The molecule has 0 fully saturated rings. The van der Waals surface area contributed by atoms with Crippen LogP contribution in [0.5, 0.6) is 5.75 Å². The molecular formula is C34H45NO5SSi. The van der Waals surface area contributed by atoms with Crippen molar-refractivity contribution in [2.45, 2.75) is 89.0 Å². The van der Waals surface area contributed by atoms with Crippen LogP contribution in [0.15, 0.2) is 89.3 Å². The zero-order chi connectivity index (χ0) is 30.6. The van der Waals surface area contributed by atoms with Crippen LogP contribution in [0.4, 0.5) is 0 Å². The van der Waals surface area contributed by atoms with Gasteiger partial charge in [0.25, 0.3) is 10.0 Å². The van der Waals surface area contributed by atoms with Gasteiger partial charge in [0.2, 0.25) is 5.90 Å². The molecule has 0 N–H and O–H groups in total. The van der Waals surface area contributed by atoms with Gasteiger partial charge in [0.05, 0.1) is 0 Å². The van der Waals surface area contributed by atoms with Crippen LogP contribution in [0.2, 0.25) is 18.1 Å². The molecule has 226 valence electrons. The lowest BCUT2D eigenvalue weighted by Crippen LogP contribution is -2.43. The minimum absolute atomic E-state index is 0.00647. The first-order chi connectivity index (χ1) is 19.7. The van der Waals surface area contributed by atoms with Crippen molar-refractivity contribution in [3.8, 4) is 5.75 Å². The topological polar surface area (TPSA) is 74.2 Å². The van der Waals surface area contributed by atoms with Gasteiger partial charge >= 0.3 is 0 Å². The van der Waals surface area contributed by atoms with Gasteiger partial charge in [-0.1, -0.05) is 93.6 Å². The predicted octanol–water partition coefficient (Wildman–Crippen LogP) is 8.43. The summed E-state index contributed by atoms with van der Waals surface area (Å²) in [4.78, 5) is 0. The minimum Gasteiger partial charge on any atom is -0.489 e. The summed E-state index contributed by atoms with van der Waals surface area (Å²) in [5, 5.41) is -0.853. The fourth-order valence-electron chi connectivity index (χ4n) is 5.09. The number of hydrogen-bond donors (Lipinski definition) is 0. The van der Waals surface area contributed by atoms with Crippen molar-refractivity contribution in [2.75, 3.05) is 6.61 Å². The van der Waals surface area contributed by atoms with E-state index in [9.17, 15) is 8.42 Å². The van der Waals surface area contributed by atoms with Gasteiger partial charge in [-0.05, 0) is 73.1 Å². The van der Waals surface area contributed by atoms with Crippen molar-refractivity contribution in [3.63, 3.8) is 0 Å². The molecule has 0 bridgehead atoms. The van der Waals surface area contributed by atoms with Crippen LogP contribution in [-0.4, -0.2) is 34.8 Å². The first-order valence-electron chi connectivity index (χ1n) is 14.7. The van der Waals surface area contributed by atoms with Gasteiger partial charge in [0.15, 0.2) is 8.32 Å². The highest BCUT2D eigenvalue weighted by Gasteiger charge is 2.47. The number of rotatable bonds is 11. The van der Waals surface area contributed by atoms with Gasteiger partial charge in [-0.15, -0.1) is 4.40 Å². The van der Waals surface area contributed by atoms with Gasteiger partial charge < -0.3 is 13.9 Å². The molecular weight excluding hydrogens is 563 g/mol. The third-order valence-electron chi connectivity index (χ3n) is 8.38. The Morgan fingerprint density at radius 1 is 0.952 bits per heavy atom. The van der Waals surface area contributed by atoms with Crippen molar-refractivity contribution in [2.24, 2.45) is 4.40 Å². The van der Waals surface area contributed by atoms with Crippen LogP contribution in [-0.2, 0) is 25.8 Å². The second-order valence-electron chi connectivity index (χ2n) is 13.1. The van der Waals surface area contributed by atoms with E-state index in [4.69, 9.17) is 13.9 Å². The Hall–Kier alpha value is -2.94. The Labute approximate surface area is 253 Å². The fraction of sp³-hybridized carbons (Fsp3) is 0.441. The summed E-state index contributed by atoms with van der Waals surface area (Å²) >= 11 is 0. The van der Waals surface area contributed by atoms with Crippen LogP contribution < -0.4 is 4.74 Å². The van der Waals surface area contributed by atoms with E-state index in [1.165, 1.54) is 0 Å². The maximum Gasteiger partial charge on any atom is 0.267 e. The van der Waals surface area contributed by atoms with Crippen molar-refractivity contribution in [3.05, 3.63) is 102 Å². The molecule has 1 heterocycles. The van der Waals surface area contributed by atoms with Crippen molar-refractivity contribution < 1.29 is 22.3 Å². The molecule has 1 aliphatic heterocycles. The molecule has 0 saturated heterocycles. The monoisotopic (exact) mass is 607 g/mol. The summed E-state index contributed by atoms with van der Waals surface area (Å²) in [7, 11) is -5.84. The molecule has 0 saturated carbocycles. The highest BCUT2D eigenvalue weighted by molar-refractivity contribution is 7.90. The number of nitrogens with zero attached hydrogens (tertiary/aromatic N) is 1. The summed E-state index contributed by atoms with van der Waals surface area (Å²) in [6.07, 6.45) is 1.12. The third-order valence-corrected chi connectivity index (χ3v) is 14.8. The molecule has 0 spiro atoms. The van der Waals surface area contributed by atoms with E-state index >= 15 is 0 Å². The van der Waals surface area contributed by atoms with Crippen LogP contribution >= 0.6 is 0 Å². The first kappa shape index (κ1) is 32.0. The number of ether oxygens (including phenoxy) is 2. The lowest BCUT2D eigenvalue weighted by Gasteiger charge is -2.38.